The lowest BCUT2D eigenvalue weighted by atomic mass is 10.1. The summed E-state index contributed by atoms with van der Waals surface area (Å²) < 4.78 is 0. The van der Waals surface area contributed by atoms with E-state index < -0.39 is 0 Å². The molecule has 0 aliphatic heterocycles. The van der Waals surface area contributed by atoms with Crippen LogP contribution >= 0.6 is 0 Å². The Morgan fingerprint density at radius 3 is 2.31 bits per heavy atom. The van der Waals surface area contributed by atoms with E-state index >= 15 is 0 Å². The smallest absolute Gasteiger partial charge is 0.234 e. The molecule has 0 aromatic carbocycles. The maximum atomic E-state index is 11.6. The van der Waals surface area contributed by atoms with Gasteiger partial charge in [0.1, 0.15) is 0 Å². The molecular formula is C12H27N3O. The lowest BCUT2D eigenvalue weighted by molar-refractivity contribution is -0.122. The van der Waals surface area contributed by atoms with Crippen LogP contribution in [0.3, 0.4) is 0 Å². The van der Waals surface area contributed by atoms with Gasteiger partial charge in [-0.1, -0.05) is 13.8 Å². The zero-order valence-electron chi connectivity index (χ0n) is 11.3. The average molecular weight is 229 g/mol. The molecule has 0 saturated carbocycles. The molecule has 0 aliphatic rings. The highest BCUT2D eigenvalue weighted by atomic mass is 16.2. The molecule has 0 aromatic rings. The highest BCUT2D eigenvalue weighted by molar-refractivity contribution is 5.78. The van der Waals surface area contributed by atoms with Crippen molar-refractivity contribution < 1.29 is 4.79 Å². The van der Waals surface area contributed by atoms with Crippen LogP contribution in [0.4, 0.5) is 0 Å². The molecule has 2 atom stereocenters. The maximum absolute atomic E-state index is 11.6. The van der Waals surface area contributed by atoms with Crippen LogP contribution < -0.4 is 11.1 Å². The normalized spacial score (nSPS) is 15.2. The number of hydrogen-bond acceptors (Lipinski definition) is 3. The minimum absolute atomic E-state index is 0.0911. The van der Waals surface area contributed by atoms with Crippen molar-refractivity contribution in [3.05, 3.63) is 0 Å². The van der Waals surface area contributed by atoms with Gasteiger partial charge in [-0.3, -0.25) is 9.69 Å². The Balaban J connectivity index is 3.78. The highest BCUT2D eigenvalue weighted by Gasteiger charge is 2.12. The second-order valence-electron chi connectivity index (χ2n) is 5.10. The summed E-state index contributed by atoms with van der Waals surface area (Å²) >= 11 is 0. The maximum Gasteiger partial charge on any atom is 0.234 e. The molecule has 0 rings (SSSR count). The number of nitrogens with zero attached hydrogens (tertiary/aromatic N) is 1. The standard InChI is InChI=1S/C12H27N3O/c1-9(2)11(4)14-12(16)8-15(5)7-6-10(3)13/h9-11H,6-8,13H2,1-5H3,(H,14,16). The molecule has 16 heavy (non-hydrogen) atoms. The average Bonchev–Trinajstić information content (AvgIpc) is 2.14. The highest BCUT2D eigenvalue weighted by Crippen LogP contribution is 1.99. The Kier molecular flexibility index (Phi) is 7.34. The van der Waals surface area contributed by atoms with E-state index in [-0.39, 0.29) is 18.0 Å². The second kappa shape index (κ2) is 7.63. The van der Waals surface area contributed by atoms with Gasteiger partial charge in [0.05, 0.1) is 6.54 Å². The van der Waals surface area contributed by atoms with E-state index in [4.69, 9.17) is 5.73 Å². The fourth-order valence-electron chi connectivity index (χ4n) is 1.21. The van der Waals surface area contributed by atoms with Crippen LogP contribution in [-0.4, -0.2) is 43.0 Å². The summed E-state index contributed by atoms with van der Waals surface area (Å²) in [5.74, 6) is 0.562. The molecule has 0 heterocycles. The molecule has 4 heteroatoms. The number of hydrogen-bond donors (Lipinski definition) is 2. The van der Waals surface area contributed by atoms with Crippen molar-refractivity contribution in [1.82, 2.24) is 10.2 Å². The van der Waals surface area contributed by atoms with Crippen molar-refractivity contribution in [2.24, 2.45) is 11.7 Å². The molecule has 2 unspecified atom stereocenters. The number of amides is 1. The van der Waals surface area contributed by atoms with E-state index in [0.717, 1.165) is 13.0 Å². The van der Waals surface area contributed by atoms with E-state index in [1.807, 2.05) is 25.8 Å². The SMILES string of the molecule is CC(N)CCN(C)CC(=O)NC(C)C(C)C. The fourth-order valence-corrected chi connectivity index (χ4v) is 1.21. The summed E-state index contributed by atoms with van der Waals surface area (Å²) in [5.41, 5.74) is 5.66. The minimum atomic E-state index is 0.0911. The summed E-state index contributed by atoms with van der Waals surface area (Å²) in [6, 6.07) is 0.425. The van der Waals surface area contributed by atoms with Crippen LogP contribution in [0.2, 0.25) is 0 Å². The quantitative estimate of drug-likeness (QED) is 0.679. The fraction of sp³-hybridized carbons (Fsp3) is 0.917. The third-order valence-corrected chi connectivity index (χ3v) is 2.77. The van der Waals surface area contributed by atoms with Crippen molar-refractivity contribution in [1.29, 1.82) is 0 Å². The van der Waals surface area contributed by atoms with Crippen molar-refractivity contribution >= 4 is 5.91 Å². The predicted molar refractivity (Wildman–Crippen MR) is 68.2 cm³/mol. The zero-order chi connectivity index (χ0) is 12.7. The number of carbonyl (C=O) groups excluding carboxylic acids is 1. The van der Waals surface area contributed by atoms with Gasteiger partial charge in [0.15, 0.2) is 0 Å². The first kappa shape index (κ1) is 15.4. The van der Waals surface area contributed by atoms with Crippen molar-refractivity contribution in [3.8, 4) is 0 Å². The van der Waals surface area contributed by atoms with E-state index in [9.17, 15) is 4.79 Å². The number of nitrogens with two attached hydrogens (primary N) is 1. The summed E-state index contributed by atoms with van der Waals surface area (Å²) in [6.45, 7) is 9.53. The molecular weight excluding hydrogens is 202 g/mol. The van der Waals surface area contributed by atoms with Gasteiger partial charge < -0.3 is 11.1 Å². The monoisotopic (exact) mass is 229 g/mol. The first-order chi connectivity index (χ1) is 7.32. The summed E-state index contributed by atoms with van der Waals surface area (Å²) in [6.07, 6.45) is 0.920. The lowest BCUT2D eigenvalue weighted by Crippen LogP contribution is -2.42. The van der Waals surface area contributed by atoms with Gasteiger partial charge in [0, 0.05) is 12.1 Å². The Hall–Kier alpha value is -0.610. The van der Waals surface area contributed by atoms with Crippen LogP contribution in [-0.2, 0) is 4.79 Å². The molecule has 96 valence electrons. The van der Waals surface area contributed by atoms with Gasteiger partial charge in [-0.15, -0.1) is 0 Å². The number of carbonyl (C=O) groups is 1. The molecule has 0 aliphatic carbocycles. The van der Waals surface area contributed by atoms with Crippen LogP contribution in [0.15, 0.2) is 0 Å². The van der Waals surface area contributed by atoms with Gasteiger partial charge in [-0.05, 0) is 39.8 Å². The largest absolute Gasteiger partial charge is 0.352 e. The van der Waals surface area contributed by atoms with Crippen molar-refractivity contribution in [3.63, 3.8) is 0 Å². The van der Waals surface area contributed by atoms with Crippen LogP contribution in [0.1, 0.15) is 34.1 Å². The molecule has 1 amide bonds. The third kappa shape index (κ3) is 7.65. The molecule has 4 nitrogen and oxygen atoms in total. The lowest BCUT2D eigenvalue weighted by Gasteiger charge is -2.21. The van der Waals surface area contributed by atoms with Gasteiger partial charge in [0.2, 0.25) is 5.91 Å². The molecule has 0 saturated heterocycles. The minimum Gasteiger partial charge on any atom is -0.352 e. The summed E-state index contributed by atoms with van der Waals surface area (Å²) in [5, 5.41) is 2.99. The number of nitrogens with one attached hydrogen (secondary N) is 1. The van der Waals surface area contributed by atoms with E-state index in [2.05, 4.69) is 19.2 Å². The van der Waals surface area contributed by atoms with E-state index in [1.165, 1.54) is 0 Å². The van der Waals surface area contributed by atoms with Crippen LogP contribution in [0.25, 0.3) is 0 Å². The Morgan fingerprint density at radius 1 is 1.31 bits per heavy atom. The van der Waals surface area contributed by atoms with E-state index in [0.29, 0.717) is 12.5 Å². The van der Waals surface area contributed by atoms with Crippen LogP contribution in [0, 0.1) is 5.92 Å². The molecule has 3 N–H and O–H groups in total. The molecule has 0 spiro atoms. The Morgan fingerprint density at radius 2 is 1.88 bits per heavy atom. The topological polar surface area (TPSA) is 58.4 Å². The molecule has 0 bridgehead atoms. The first-order valence-corrected chi connectivity index (χ1v) is 6.06. The summed E-state index contributed by atoms with van der Waals surface area (Å²) in [7, 11) is 1.95. The number of likely N-dealkylation sites (N-methyl/N-ethyl adjacent to an activating group) is 1. The Bertz CT molecular complexity index is 204. The third-order valence-electron chi connectivity index (χ3n) is 2.77. The van der Waals surface area contributed by atoms with Gasteiger partial charge in [-0.2, -0.15) is 0 Å². The molecule has 0 aromatic heterocycles. The van der Waals surface area contributed by atoms with Crippen LogP contribution in [0.5, 0.6) is 0 Å². The van der Waals surface area contributed by atoms with Crippen molar-refractivity contribution in [2.45, 2.75) is 46.2 Å². The zero-order valence-corrected chi connectivity index (χ0v) is 11.3. The molecule has 0 fully saturated rings. The first-order valence-electron chi connectivity index (χ1n) is 6.06. The number of rotatable bonds is 7. The van der Waals surface area contributed by atoms with E-state index in [1.54, 1.807) is 0 Å². The van der Waals surface area contributed by atoms with Crippen molar-refractivity contribution in [2.75, 3.05) is 20.1 Å². The van der Waals surface area contributed by atoms with Gasteiger partial charge in [0.25, 0.3) is 0 Å². The predicted octanol–water partition coefficient (Wildman–Crippen LogP) is 0.816. The van der Waals surface area contributed by atoms with Gasteiger partial charge in [-0.25, -0.2) is 0 Å². The second-order valence-corrected chi connectivity index (χ2v) is 5.10. The van der Waals surface area contributed by atoms with Gasteiger partial charge >= 0.3 is 0 Å². The molecule has 0 radical (unpaired) electrons. The summed E-state index contributed by atoms with van der Waals surface area (Å²) in [4.78, 5) is 13.6. The Labute approximate surface area is 99.6 Å².